The van der Waals surface area contributed by atoms with Gasteiger partial charge in [-0.05, 0) is 37.0 Å². The molecule has 1 aromatic carbocycles. The van der Waals surface area contributed by atoms with E-state index in [4.69, 9.17) is 4.42 Å². The Labute approximate surface area is 161 Å². The quantitative estimate of drug-likeness (QED) is 0.484. The maximum absolute atomic E-state index is 11.9. The van der Waals surface area contributed by atoms with Gasteiger partial charge in [-0.1, -0.05) is 37.4 Å². The standard InChI is InChI=1S/C20H23N3O3S/c1-12-16(24)8-7-15-14(10-18(25)26-19(12)15)11-27-20-21-17(22-23-20)9-6-13-4-2-3-5-13/h7-8,10,13,24H,2-6,9,11H2,1H3,(H,21,22,23). The number of hydrogen-bond acceptors (Lipinski definition) is 6. The van der Waals surface area contributed by atoms with Gasteiger partial charge in [0.05, 0.1) is 0 Å². The van der Waals surface area contributed by atoms with Gasteiger partial charge in [-0.15, -0.1) is 5.10 Å². The Kier molecular flexibility index (Phi) is 5.20. The van der Waals surface area contributed by atoms with E-state index in [1.807, 2.05) is 0 Å². The Morgan fingerprint density at radius 3 is 2.96 bits per heavy atom. The number of hydrogen-bond donors (Lipinski definition) is 2. The summed E-state index contributed by atoms with van der Waals surface area (Å²) in [6, 6.07) is 4.90. The van der Waals surface area contributed by atoms with Crippen molar-refractivity contribution in [3.8, 4) is 5.75 Å². The molecule has 1 aliphatic carbocycles. The second-order valence-electron chi connectivity index (χ2n) is 7.22. The van der Waals surface area contributed by atoms with Gasteiger partial charge in [0.15, 0.2) is 0 Å². The van der Waals surface area contributed by atoms with E-state index in [2.05, 4.69) is 15.2 Å². The minimum absolute atomic E-state index is 0.122. The average Bonchev–Trinajstić information content (AvgIpc) is 3.33. The van der Waals surface area contributed by atoms with Gasteiger partial charge in [0.2, 0.25) is 5.16 Å². The lowest BCUT2D eigenvalue weighted by Gasteiger charge is -2.07. The minimum atomic E-state index is -0.418. The number of rotatable bonds is 6. The predicted molar refractivity (Wildman–Crippen MR) is 105 cm³/mol. The fraction of sp³-hybridized carbons (Fsp3) is 0.450. The van der Waals surface area contributed by atoms with Crippen LogP contribution in [0.15, 0.2) is 32.6 Å². The molecule has 0 aliphatic heterocycles. The van der Waals surface area contributed by atoms with Crippen molar-refractivity contribution in [1.82, 2.24) is 15.2 Å². The molecule has 2 N–H and O–H groups in total. The van der Waals surface area contributed by atoms with Gasteiger partial charge < -0.3 is 9.52 Å². The van der Waals surface area contributed by atoms with Crippen LogP contribution in [0.3, 0.4) is 0 Å². The van der Waals surface area contributed by atoms with Gasteiger partial charge in [0.1, 0.15) is 17.2 Å². The third kappa shape index (κ3) is 4.03. The molecule has 1 aliphatic rings. The number of aromatic nitrogens is 3. The fourth-order valence-electron chi connectivity index (χ4n) is 3.77. The van der Waals surface area contributed by atoms with E-state index in [1.54, 1.807) is 19.1 Å². The van der Waals surface area contributed by atoms with Gasteiger partial charge in [-0.3, -0.25) is 5.10 Å². The van der Waals surface area contributed by atoms with E-state index in [9.17, 15) is 9.90 Å². The number of benzene rings is 1. The molecule has 2 aromatic heterocycles. The number of phenols is 1. The topological polar surface area (TPSA) is 92.0 Å². The molecule has 0 atom stereocenters. The molecule has 1 saturated carbocycles. The zero-order valence-corrected chi connectivity index (χ0v) is 16.1. The maximum Gasteiger partial charge on any atom is 0.336 e. The number of nitrogens with zero attached hydrogens (tertiary/aromatic N) is 2. The van der Waals surface area contributed by atoms with Crippen LogP contribution in [0, 0.1) is 12.8 Å². The molecule has 0 amide bonds. The summed E-state index contributed by atoms with van der Waals surface area (Å²) in [5, 5.41) is 18.7. The van der Waals surface area contributed by atoms with E-state index in [0.29, 0.717) is 22.1 Å². The molecule has 1 fully saturated rings. The number of fused-ring (bicyclic) bond motifs is 1. The lowest BCUT2D eigenvalue weighted by atomic mass is 10.0. The first-order chi connectivity index (χ1) is 13.1. The summed E-state index contributed by atoms with van der Waals surface area (Å²) in [5.41, 5.74) is 1.44. The minimum Gasteiger partial charge on any atom is -0.508 e. The van der Waals surface area contributed by atoms with Gasteiger partial charge >= 0.3 is 5.63 Å². The number of nitrogens with one attached hydrogen (secondary N) is 1. The number of aromatic hydroxyl groups is 1. The van der Waals surface area contributed by atoms with E-state index in [0.717, 1.165) is 29.1 Å². The summed E-state index contributed by atoms with van der Waals surface area (Å²) in [7, 11) is 0. The van der Waals surface area contributed by atoms with Crippen LogP contribution in [0.2, 0.25) is 0 Å². The fourth-order valence-corrected chi connectivity index (χ4v) is 4.58. The van der Waals surface area contributed by atoms with Crippen molar-refractivity contribution >= 4 is 22.7 Å². The lowest BCUT2D eigenvalue weighted by Crippen LogP contribution is -2.01. The van der Waals surface area contributed by atoms with E-state index in [1.165, 1.54) is 49.9 Å². The Morgan fingerprint density at radius 2 is 2.15 bits per heavy atom. The molecule has 7 heteroatoms. The molecule has 27 heavy (non-hydrogen) atoms. The second-order valence-corrected chi connectivity index (χ2v) is 8.16. The highest BCUT2D eigenvalue weighted by molar-refractivity contribution is 7.98. The highest BCUT2D eigenvalue weighted by Gasteiger charge is 2.16. The van der Waals surface area contributed by atoms with Crippen molar-refractivity contribution in [2.45, 2.75) is 56.4 Å². The summed E-state index contributed by atoms with van der Waals surface area (Å²) in [4.78, 5) is 16.5. The Balaban J connectivity index is 1.46. The zero-order valence-electron chi connectivity index (χ0n) is 15.3. The average molecular weight is 385 g/mol. The monoisotopic (exact) mass is 385 g/mol. The van der Waals surface area contributed by atoms with E-state index in [-0.39, 0.29) is 5.75 Å². The van der Waals surface area contributed by atoms with Gasteiger partial charge in [0.25, 0.3) is 0 Å². The zero-order chi connectivity index (χ0) is 18.8. The smallest absolute Gasteiger partial charge is 0.336 e. The first kappa shape index (κ1) is 18.1. The Hall–Kier alpha value is -2.28. The molecular formula is C20H23N3O3S. The molecule has 3 aromatic rings. The van der Waals surface area contributed by atoms with Gasteiger partial charge in [-0.25, -0.2) is 9.78 Å². The molecule has 6 nitrogen and oxygen atoms in total. The van der Waals surface area contributed by atoms with Crippen molar-refractivity contribution in [3.63, 3.8) is 0 Å². The summed E-state index contributed by atoms with van der Waals surface area (Å²) in [6.07, 6.45) is 7.51. The number of aryl methyl sites for hydroxylation is 2. The van der Waals surface area contributed by atoms with Crippen LogP contribution >= 0.6 is 11.8 Å². The molecule has 0 unspecified atom stereocenters. The van der Waals surface area contributed by atoms with Crippen LogP contribution in [0.4, 0.5) is 0 Å². The summed E-state index contributed by atoms with van der Waals surface area (Å²) in [6.45, 7) is 1.74. The van der Waals surface area contributed by atoms with Crippen LogP contribution < -0.4 is 5.63 Å². The summed E-state index contributed by atoms with van der Waals surface area (Å²) < 4.78 is 5.29. The third-order valence-corrected chi connectivity index (χ3v) is 6.25. The first-order valence-electron chi connectivity index (χ1n) is 9.39. The molecule has 4 rings (SSSR count). The van der Waals surface area contributed by atoms with Crippen molar-refractivity contribution in [1.29, 1.82) is 0 Å². The molecule has 2 heterocycles. The van der Waals surface area contributed by atoms with Crippen LogP contribution in [-0.4, -0.2) is 20.3 Å². The SMILES string of the molecule is Cc1c(O)ccc2c(CSc3n[nH]c(CCC4CCCC4)n3)cc(=O)oc12. The van der Waals surface area contributed by atoms with Crippen molar-refractivity contribution < 1.29 is 9.52 Å². The second kappa shape index (κ2) is 7.76. The van der Waals surface area contributed by atoms with E-state index < -0.39 is 5.63 Å². The number of aromatic amines is 1. The Bertz CT molecular complexity index is 1010. The third-order valence-electron chi connectivity index (χ3n) is 5.35. The summed E-state index contributed by atoms with van der Waals surface area (Å²) in [5.74, 6) is 2.45. The molecule has 0 saturated heterocycles. The number of thioether (sulfide) groups is 1. The van der Waals surface area contributed by atoms with Crippen molar-refractivity contribution in [3.05, 3.63) is 45.6 Å². The number of H-pyrrole nitrogens is 1. The van der Waals surface area contributed by atoms with Crippen LogP contribution in [0.25, 0.3) is 11.0 Å². The normalized spacial score (nSPS) is 15.0. The predicted octanol–water partition coefficient (Wildman–Crippen LogP) is 4.34. The molecule has 0 bridgehead atoms. The van der Waals surface area contributed by atoms with Crippen LogP contribution in [0.1, 0.15) is 49.1 Å². The largest absolute Gasteiger partial charge is 0.508 e. The lowest BCUT2D eigenvalue weighted by molar-refractivity contribution is 0.468. The highest BCUT2D eigenvalue weighted by Crippen LogP contribution is 2.31. The first-order valence-corrected chi connectivity index (χ1v) is 10.4. The maximum atomic E-state index is 11.9. The van der Waals surface area contributed by atoms with Gasteiger partial charge in [-0.2, -0.15) is 0 Å². The van der Waals surface area contributed by atoms with E-state index >= 15 is 0 Å². The highest BCUT2D eigenvalue weighted by atomic mass is 32.2. The van der Waals surface area contributed by atoms with Crippen LogP contribution in [0.5, 0.6) is 5.75 Å². The number of phenolic OH excluding ortho intramolecular Hbond substituents is 1. The molecule has 142 valence electrons. The molecular weight excluding hydrogens is 362 g/mol. The van der Waals surface area contributed by atoms with Crippen LogP contribution in [-0.2, 0) is 12.2 Å². The molecule has 0 radical (unpaired) electrons. The van der Waals surface area contributed by atoms with Crippen molar-refractivity contribution in [2.24, 2.45) is 5.92 Å². The Morgan fingerprint density at radius 1 is 1.33 bits per heavy atom. The van der Waals surface area contributed by atoms with Crippen molar-refractivity contribution in [2.75, 3.05) is 0 Å². The summed E-state index contributed by atoms with van der Waals surface area (Å²) >= 11 is 1.49. The van der Waals surface area contributed by atoms with Gasteiger partial charge in [0, 0.05) is 29.2 Å². The molecule has 0 spiro atoms.